The van der Waals surface area contributed by atoms with Gasteiger partial charge in [-0.05, 0) is 45.0 Å². The van der Waals surface area contributed by atoms with Gasteiger partial charge in [0, 0.05) is 43.8 Å². The average Bonchev–Trinajstić information content (AvgIpc) is 2.38. The van der Waals surface area contributed by atoms with Crippen molar-refractivity contribution >= 4 is 0 Å². The van der Waals surface area contributed by atoms with Crippen molar-refractivity contribution in [1.29, 1.82) is 0 Å². The summed E-state index contributed by atoms with van der Waals surface area (Å²) in [5, 5.41) is 0. The summed E-state index contributed by atoms with van der Waals surface area (Å²) in [6.45, 7) is 8.30. The summed E-state index contributed by atoms with van der Waals surface area (Å²) in [7, 11) is 2.14. The van der Waals surface area contributed by atoms with E-state index in [9.17, 15) is 8.78 Å². The summed E-state index contributed by atoms with van der Waals surface area (Å²) >= 11 is 0. The molecule has 0 amide bonds. The smallest absolute Gasteiger partial charge is 0.126 e. The van der Waals surface area contributed by atoms with Crippen molar-refractivity contribution < 1.29 is 8.78 Å². The molecule has 0 aromatic heterocycles. The Bertz CT molecular complexity index is 470. The second kappa shape index (κ2) is 6.38. The number of hydrogen-bond acceptors (Lipinski definition) is 3. The highest BCUT2D eigenvalue weighted by molar-refractivity contribution is 5.21. The molecule has 1 unspecified atom stereocenters. The minimum absolute atomic E-state index is 0.146. The van der Waals surface area contributed by atoms with Gasteiger partial charge in [0.15, 0.2) is 0 Å². The van der Waals surface area contributed by atoms with Crippen LogP contribution in [0.25, 0.3) is 0 Å². The summed E-state index contributed by atoms with van der Waals surface area (Å²) in [4.78, 5) is 4.72. The quantitative estimate of drug-likeness (QED) is 0.926. The lowest BCUT2D eigenvalue weighted by atomic mass is 9.98. The van der Waals surface area contributed by atoms with Crippen LogP contribution in [0.1, 0.15) is 31.9 Å². The second-order valence-corrected chi connectivity index (χ2v) is 6.61. The van der Waals surface area contributed by atoms with Gasteiger partial charge < -0.3 is 10.6 Å². The lowest BCUT2D eigenvalue weighted by Crippen LogP contribution is -2.57. The molecule has 1 aliphatic rings. The SMILES string of the molecule is CN1CCN(CCC(N)c2cc(F)cc(F)c2)CC1(C)C. The summed E-state index contributed by atoms with van der Waals surface area (Å²) in [6, 6.07) is 3.18. The van der Waals surface area contributed by atoms with E-state index in [-0.39, 0.29) is 11.6 Å². The fourth-order valence-corrected chi connectivity index (χ4v) is 2.81. The fraction of sp³-hybridized carbons (Fsp3) is 0.625. The number of benzene rings is 1. The van der Waals surface area contributed by atoms with Crippen LogP contribution < -0.4 is 5.73 Å². The maximum atomic E-state index is 13.2. The van der Waals surface area contributed by atoms with Crippen LogP contribution >= 0.6 is 0 Å². The first-order valence-electron chi connectivity index (χ1n) is 7.43. The normalized spacial score (nSPS) is 21.4. The van der Waals surface area contributed by atoms with Crippen molar-refractivity contribution in [2.24, 2.45) is 5.73 Å². The Kier molecular flexibility index (Phi) is 4.96. The number of halogens is 2. The number of nitrogens with two attached hydrogens (primary N) is 1. The van der Waals surface area contributed by atoms with Crippen molar-refractivity contribution in [2.45, 2.75) is 31.8 Å². The second-order valence-electron chi connectivity index (χ2n) is 6.61. The molecule has 5 heteroatoms. The Morgan fingerprint density at radius 2 is 1.81 bits per heavy atom. The molecule has 2 rings (SSSR count). The minimum atomic E-state index is -0.568. The van der Waals surface area contributed by atoms with Gasteiger partial charge in [-0.3, -0.25) is 4.90 Å². The third-order valence-corrected chi connectivity index (χ3v) is 4.46. The van der Waals surface area contributed by atoms with Gasteiger partial charge in [0.2, 0.25) is 0 Å². The molecule has 1 aromatic rings. The molecular formula is C16H25F2N3. The van der Waals surface area contributed by atoms with Gasteiger partial charge >= 0.3 is 0 Å². The first-order chi connectivity index (χ1) is 9.78. The maximum Gasteiger partial charge on any atom is 0.126 e. The third kappa shape index (κ3) is 4.22. The zero-order valence-corrected chi connectivity index (χ0v) is 13.1. The zero-order chi connectivity index (χ0) is 15.6. The number of piperazine rings is 1. The Balaban J connectivity index is 1.91. The molecule has 1 atom stereocenters. The van der Waals surface area contributed by atoms with E-state index < -0.39 is 11.6 Å². The van der Waals surface area contributed by atoms with Crippen LogP contribution in [0, 0.1) is 11.6 Å². The molecule has 3 nitrogen and oxygen atoms in total. The molecule has 2 N–H and O–H groups in total. The van der Waals surface area contributed by atoms with E-state index in [1.807, 2.05) is 0 Å². The van der Waals surface area contributed by atoms with E-state index in [0.29, 0.717) is 12.0 Å². The van der Waals surface area contributed by atoms with E-state index in [1.165, 1.54) is 12.1 Å². The van der Waals surface area contributed by atoms with Gasteiger partial charge in [-0.25, -0.2) is 8.78 Å². The first-order valence-corrected chi connectivity index (χ1v) is 7.43. The Morgan fingerprint density at radius 3 is 2.38 bits per heavy atom. The van der Waals surface area contributed by atoms with Gasteiger partial charge in [0.05, 0.1) is 0 Å². The molecule has 0 radical (unpaired) electrons. The Hall–Kier alpha value is -1.04. The molecule has 0 saturated carbocycles. The van der Waals surface area contributed by atoms with Crippen LogP contribution in [-0.2, 0) is 0 Å². The lowest BCUT2D eigenvalue weighted by Gasteiger charge is -2.45. The highest BCUT2D eigenvalue weighted by atomic mass is 19.1. The Morgan fingerprint density at radius 1 is 1.19 bits per heavy atom. The molecule has 0 spiro atoms. The van der Waals surface area contributed by atoms with Crippen molar-refractivity contribution in [3.05, 3.63) is 35.4 Å². The van der Waals surface area contributed by atoms with Crippen molar-refractivity contribution in [3.63, 3.8) is 0 Å². The standard InChI is InChI=1S/C16H25F2N3/c1-16(2)11-21(7-6-20(16)3)5-4-15(19)12-8-13(17)10-14(18)9-12/h8-10,15H,4-7,11,19H2,1-3H3. The summed E-state index contributed by atoms with van der Waals surface area (Å²) < 4.78 is 26.4. The van der Waals surface area contributed by atoms with E-state index in [1.54, 1.807) is 0 Å². The van der Waals surface area contributed by atoms with Gasteiger partial charge in [-0.2, -0.15) is 0 Å². The average molecular weight is 297 g/mol. The number of likely N-dealkylation sites (N-methyl/N-ethyl adjacent to an activating group) is 1. The van der Waals surface area contributed by atoms with Gasteiger partial charge in [-0.1, -0.05) is 0 Å². The maximum absolute atomic E-state index is 13.2. The van der Waals surface area contributed by atoms with Crippen LogP contribution in [0.5, 0.6) is 0 Å². The summed E-state index contributed by atoms with van der Waals surface area (Å²) in [5.41, 5.74) is 6.75. The van der Waals surface area contributed by atoms with Crippen LogP contribution in [-0.4, -0.2) is 48.6 Å². The lowest BCUT2D eigenvalue weighted by molar-refractivity contribution is 0.0387. The van der Waals surface area contributed by atoms with E-state index >= 15 is 0 Å². The van der Waals surface area contributed by atoms with E-state index in [0.717, 1.165) is 32.2 Å². The molecule has 21 heavy (non-hydrogen) atoms. The predicted octanol–water partition coefficient (Wildman–Crippen LogP) is 2.38. The van der Waals surface area contributed by atoms with Crippen LogP contribution in [0.2, 0.25) is 0 Å². The molecule has 1 aromatic carbocycles. The summed E-state index contributed by atoms with van der Waals surface area (Å²) in [5.74, 6) is -1.14. The fourth-order valence-electron chi connectivity index (χ4n) is 2.81. The highest BCUT2D eigenvalue weighted by Crippen LogP contribution is 2.21. The molecule has 1 fully saturated rings. The zero-order valence-electron chi connectivity index (χ0n) is 13.1. The van der Waals surface area contributed by atoms with E-state index in [4.69, 9.17) is 5.73 Å². The van der Waals surface area contributed by atoms with Crippen molar-refractivity contribution in [1.82, 2.24) is 9.80 Å². The number of nitrogens with zero attached hydrogens (tertiary/aromatic N) is 2. The largest absolute Gasteiger partial charge is 0.324 e. The van der Waals surface area contributed by atoms with Crippen LogP contribution in [0.3, 0.4) is 0 Å². The molecule has 1 aliphatic heterocycles. The van der Waals surface area contributed by atoms with Crippen LogP contribution in [0.4, 0.5) is 8.78 Å². The molecule has 1 heterocycles. The predicted molar refractivity (Wildman–Crippen MR) is 81.1 cm³/mol. The number of rotatable bonds is 4. The van der Waals surface area contributed by atoms with Gasteiger partial charge in [0.25, 0.3) is 0 Å². The van der Waals surface area contributed by atoms with Crippen molar-refractivity contribution in [2.75, 3.05) is 33.2 Å². The summed E-state index contributed by atoms with van der Waals surface area (Å²) in [6.07, 6.45) is 0.697. The van der Waals surface area contributed by atoms with Crippen LogP contribution in [0.15, 0.2) is 18.2 Å². The van der Waals surface area contributed by atoms with Crippen molar-refractivity contribution in [3.8, 4) is 0 Å². The minimum Gasteiger partial charge on any atom is -0.324 e. The monoisotopic (exact) mass is 297 g/mol. The number of hydrogen-bond donors (Lipinski definition) is 1. The molecule has 0 aliphatic carbocycles. The van der Waals surface area contributed by atoms with E-state index in [2.05, 4.69) is 30.7 Å². The molecular weight excluding hydrogens is 272 g/mol. The molecule has 0 bridgehead atoms. The third-order valence-electron chi connectivity index (χ3n) is 4.46. The molecule has 118 valence electrons. The molecule has 1 saturated heterocycles. The first kappa shape index (κ1) is 16.3. The highest BCUT2D eigenvalue weighted by Gasteiger charge is 2.30. The van der Waals surface area contributed by atoms with Gasteiger partial charge in [0.1, 0.15) is 11.6 Å². The topological polar surface area (TPSA) is 32.5 Å². The van der Waals surface area contributed by atoms with Gasteiger partial charge in [-0.15, -0.1) is 0 Å². The Labute approximate surface area is 125 Å².